The van der Waals surface area contributed by atoms with Crippen LogP contribution in [0.5, 0.6) is 0 Å². The van der Waals surface area contributed by atoms with E-state index in [1.54, 1.807) is 0 Å². The van der Waals surface area contributed by atoms with Crippen molar-refractivity contribution < 1.29 is 0 Å². The Morgan fingerprint density at radius 3 is 2.16 bits per heavy atom. The van der Waals surface area contributed by atoms with E-state index in [1.807, 2.05) is 12.4 Å². The molecule has 0 bridgehead atoms. The quantitative estimate of drug-likeness (QED) is 0.443. The highest BCUT2D eigenvalue weighted by Gasteiger charge is 2.26. The van der Waals surface area contributed by atoms with Crippen LogP contribution in [0, 0.1) is 0 Å². The van der Waals surface area contributed by atoms with Gasteiger partial charge in [0.2, 0.25) is 0 Å². The highest BCUT2D eigenvalue weighted by Crippen LogP contribution is 2.35. The van der Waals surface area contributed by atoms with Crippen molar-refractivity contribution in [1.29, 1.82) is 0 Å². The Morgan fingerprint density at radius 1 is 1.05 bits per heavy atom. The number of hydrogen-bond acceptors (Lipinski definition) is 1. The minimum absolute atomic E-state index is 0.251. The van der Waals surface area contributed by atoms with Crippen LogP contribution in [-0.4, -0.2) is 17.7 Å². The Bertz CT molecular complexity index is 348. The molecule has 1 aromatic rings. The third-order valence-electron chi connectivity index (χ3n) is 4.21. The summed E-state index contributed by atoms with van der Waals surface area (Å²) >= 11 is 0. The van der Waals surface area contributed by atoms with Crippen molar-refractivity contribution in [3.8, 4) is 0 Å². The number of aromatic nitrogens is 2. The third kappa shape index (κ3) is 5.42. The zero-order valence-electron chi connectivity index (χ0n) is 13.0. The largest absolute Gasteiger partial charge is 0.330 e. The van der Waals surface area contributed by atoms with E-state index in [9.17, 15) is 0 Å². The fourth-order valence-electron chi connectivity index (χ4n) is 2.77. The van der Waals surface area contributed by atoms with Crippen LogP contribution in [0.1, 0.15) is 84.1 Å². The molecule has 0 aliphatic heterocycles. The van der Waals surface area contributed by atoms with Crippen LogP contribution >= 0.6 is 0 Å². The monoisotopic (exact) mass is 260 g/mol. The van der Waals surface area contributed by atoms with E-state index in [-0.39, 0.29) is 5.41 Å². The Balaban J connectivity index is 2.60. The van der Waals surface area contributed by atoms with Crippen molar-refractivity contribution in [3.63, 3.8) is 0 Å². The van der Waals surface area contributed by atoms with Gasteiger partial charge >= 0.3 is 0 Å². The van der Waals surface area contributed by atoms with Crippen molar-refractivity contribution >= 4 is 7.98 Å². The van der Waals surface area contributed by atoms with E-state index in [4.69, 9.17) is 7.98 Å². The molecule has 2 nitrogen and oxygen atoms in total. The van der Waals surface area contributed by atoms with Crippen LogP contribution in [-0.2, 0) is 5.41 Å². The summed E-state index contributed by atoms with van der Waals surface area (Å²) in [6.45, 7) is 6.90. The highest BCUT2D eigenvalue weighted by atomic mass is 15.2. The molecule has 1 atom stereocenters. The summed E-state index contributed by atoms with van der Waals surface area (Å²) in [5.74, 6) is 0. The lowest BCUT2D eigenvalue weighted by Crippen LogP contribution is -2.21. The Morgan fingerprint density at radius 2 is 1.63 bits per heavy atom. The fraction of sp³-hybridized carbons (Fsp3) is 0.812. The summed E-state index contributed by atoms with van der Waals surface area (Å²) in [5, 5.41) is 4.15. The van der Waals surface area contributed by atoms with Gasteiger partial charge in [0.1, 0.15) is 0 Å². The molecular weight excluding hydrogens is 231 g/mol. The summed E-state index contributed by atoms with van der Waals surface area (Å²) in [5.41, 5.74) is 1.56. The first kappa shape index (κ1) is 16.3. The predicted octanol–water partition coefficient (Wildman–Crippen LogP) is 4.62. The zero-order chi connectivity index (χ0) is 14.1. The van der Waals surface area contributed by atoms with Crippen molar-refractivity contribution in [2.75, 3.05) is 0 Å². The molecule has 0 N–H and O–H groups in total. The maximum Gasteiger partial charge on any atom is 0.264 e. The van der Waals surface area contributed by atoms with E-state index in [0.29, 0.717) is 0 Å². The predicted molar refractivity (Wildman–Crippen MR) is 83.6 cm³/mol. The SMILES string of the molecule is [B]n1cc(C(C)(CCCCC)CCCCCC)cn1. The lowest BCUT2D eigenvalue weighted by molar-refractivity contribution is 0.366. The second kappa shape index (κ2) is 8.45. The maximum atomic E-state index is 5.71. The molecule has 0 saturated heterocycles. The molecule has 3 heteroatoms. The van der Waals surface area contributed by atoms with Gasteiger partial charge in [0, 0.05) is 6.20 Å². The maximum absolute atomic E-state index is 5.71. The molecule has 0 aromatic carbocycles. The van der Waals surface area contributed by atoms with Crippen molar-refractivity contribution in [1.82, 2.24) is 9.69 Å². The minimum atomic E-state index is 0.251. The standard InChI is InChI=1S/C16H29BN2/c1-4-6-8-10-12-16(3,11-9-7-5-2)15-13-18-19(17)14-15/h13-14H,4-12H2,1-3H3. The molecule has 1 rings (SSSR count). The van der Waals surface area contributed by atoms with Gasteiger partial charge < -0.3 is 4.59 Å². The van der Waals surface area contributed by atoms with E-state index in [2.05, 4.69) is 25.9 Å². The minimum Gasteiger partial charge on any atom is -0.330 e. The summed E-state index contributed by atoms with van der Waals surface area (Å²) in [6.07, 6.45) is 15.6. The van der Waals surface area contributed by atoms with Crippen LogP contribution in [0.3, 0.4) is 0 Å². The van der Waals surface area contributed by atoms with Gasteiger partial charge in [-0.15, -0.1) is 0 Å². The molecule has 106 valence electrons. The molecule has 1 aromatic heterocycles. The van der Waals surface area contributed by atoms with Crippen LogP contribution in [0.25, 0.3) is 0 Å². The lowest BCUT2D eigenvalue weighted by Gasteiger charge is -2.29. The van der Waals surface area contributed by atoms with Gasteiger partial charge in [-0.1, -0.05) is 65.7 Å². The molecule has 0 aliphatic carbocycles. The number of hydrogen-bond donors (Lipinski definition) is 0. The van der Waals surface area contributed by atoms with E-state index < -0.39 is 0 Å². The van der Waals surface area contributed by atoms with Crippen LogP contribution in [0.15, 0.2) is 12.4 Å². The first-order valence-corrected chi connectivity index (χ1v) is 7.92. The molecule has 1 unspecified atom stereocenters. The van der Waals surface area contributed by atoms with E-state index in [1.165, 1.54) is 67.9 Å². The molecule has 0 aliphatic rings. The summed E-state index contributed by atoms with van der Waals surface area (Å²) in [7, 11) is 5.71. The lowest BCUT2D eigenvalue weighted by atomic mass is 9.75. The summed E-state index contributed by atoms with van der Waals surface area (Å²) in [4.78, 5) is 0. The fourth-order valence-corrected chi connectivity index (χ4v) is 2.77. The van der Waals surface area contributed by atoms with Gasteiger partial charge in [0.05, 0.1) is 6.20 Å². The smallest absolute Gasteiger partial charge is 0.264 e. The molecule has 1 heterocycles. The van der Waals surface area contributed by atoms with Crippen molar-refractivity contribution in [2.45, 2.75) is 84.0 Å². The van der Waals surface area contributed by atoms with E-state index in [0.717, 1.165) is 0 Å². The van der Waals surface area contributed by atoms with Crippen LogP contribution in [0.2, 0.25) is 0 Å². The number of nitrogens with zero attached hydrogens (tertiary/aromatic N) is 2. The third-order valence-corrected chi connectivity index (χ3v) is 4.21. The topological polar surface area (TPSA) is 17.8 Å². The van der Waals surface area contributed by atoms with Gasteiger partial charge in [-0.05, 0) is 23.8 Å². The molecule has 0 spiro atoms. The second-order valence-corrected chi connectivity index (χ2v) is 6.04. The Labute approximate surface area is 120 Å². The molecule has 2 radical (unpaired) electrons. The molecular formula is C16H29BN2. The first-order valence-electron chi connectivity index (χ1n) is 7.92. The van der Waals surface area contributed by atoms with Crippen LogP contribution in [0.4, 0.5) is 0 Å². The van der Waals surface area contributed by atoms with Gasteiger partial charge in [0.15, 0.2) is 0 Å². The normalized spacial score (nSPS) is 14.5. The Hall–Kier alpha value is -0.725. The van der Waals surface area contributed by atoms with Gasteiger partial charge in [-0.2, -0.15) is 5.10 Å². The molecule has 0 amide bonds. The van der Waals surface area contributed by atoms with Gasteiger partial charge in [-0.3, -0.25) is 0 Å². The first-order chi connectivity index (χ1) is 9.12. The van der Waals surface area contributed by atoms with Gasteiger partial charge in [-0.25, -0.2) is 0 Å². The average Bonchev–Trinajstić information content (AvgIpc) is 2.82. The van der Waals surface area contributed by atoms with Crippen molar-refractivity contribution in [2.24, 2.45) is 0 Å². The molecule has 0 saturated carbocycles. The van der Waals surface area contributed by atoms with Gasteiger partial charge in [0.25, 0.3) is 7.98 Å². The number of unbranched alkanes of at least 4 members (excludes halogenated alkanes) is 5. The van der Waals surface area contributed by atoms with E-state index >= 15 is 0 Å². The molecule has 0 fully saturated rings. The average molecular weight is 260 g/mol. The van der Waals surface area contributed by atoms with Crippen molar-refractivity contribution in [3.05, 3.63) is 18.0 Å². The Kier molecular flexibility index (Phi) is 7.26. The number of rotatable bonds is 10. The second-order valence-electron chi connectivity index (χ2n) is 6.04. The molecule has 19 heavy (non-hydrogen) atoms. The summed E-state index contributed by atoms with van der Waals surface area (Å²) in [6, 6.07) is 0. The summed E-state index contributed by atoms with van der Waals surface area (Å²) < 4.78 is 1.44. The van der Waals surface area contributed by atoms with Crippen LogP contribution < -0.4 is 0 Å². The zero-order valence-corrected chi connectivity index (χ0v) is 13.0. The highest BCUT2D eigenvalue weighted by molar-refractivity contribution is 6.05.